The van der Waals surface area contributed by atoms with Gasteiger partial charge in [0.15, 0.2) is 0 Å². The van der Waals surface area contributed by atoms with E-state index in [2.05, 4.69) is 4.99 Å². The highest BCUT2D eigenvalue weighted by Gasteiger charge is 1.96. The number of halogens is 1. The Morgan fingerprint density at radius 2 is 2.36 bits per heavy atom. The maximum atomic E-state index is 11.4. The summed E-state index contributed by atoms with van der Waals surface area (Å²) in [4.78, 5) is 3.70. The van der Waals surface area contributed by atoms with Gasteiger partial charge >= 0.3 is 0 Å². The summed E-state index contributed by atoms with van der Waals surface area (Å²) in [5.41, 5.74) is 0.694. The second-order valence-corrected chi connectivity index (χ2v) is 3.76. The lowest BCUT2D eigenvalue weighted by atomic mass is 10.5. The van der Waals surface area contributed by atoms with Crippen molar-refractivity contribution in [3.8, 4) is 0 Å². The van der Waals surface area contributed by atoms with Crippen molar-refractivity contribution in [3.05, 3.63) is 12.5 Å². The summed E-state index contributed by atoms with van der Waals surface area (Å²) >= 11 is 0. The van der Waals surface area contributed by atoms with Crippen molar-refractivity contribution in [1.82, 2.24) is 0 Å². The molecule has 0 aliphatic heterocycles. The minimum Gasteiger partial charge on any atom is -0.263 e. The molecule has 0 radical (unpaired) electrons. The molecule has 1 atom stereocenters. The Hall–Kier alpha value is -0.510. The van der Waals surface area contributed by atoms with Gasteiger partial charge in [0, 0.05) is 22.3 Å². The number of aliphatic imine (C=N–C) groups is 1. The lowest BCUT2D eigenvalue weighted by molar-refractivity contribution is 0.686. The Labute approximate surface area is 68.7 Å². The molecule has 4 heteroatoms. The highest BCUT2D eigenvalue weighted by molar-refractivity contribution is 7.85. The van der Waals surface area contributed by atoms with Crippen molar-refractivity contribution in [2.24, 2.45) is 4.99 Å². The van der Waals surface area contributed by atoms with Crippen LogP contribution in [0.3, 0.4) is 0 Å². The van der Waals surface area contributed by atoms with Gasteiger partial charge in [0.1, 0.15) is 6.33 Å². The van der Waals surface area contributed by atoms with Gasteiger partial charge in [-0.3, -0.25) is 9.20 Å². The Balaban J connectivity index is 3.85. The second-order valence-electron chi connectivity index (χ2n) is 2.01. The second kappa shape index (κ2) is 6.22. The third-order valence-electron chi connectivity index (χ3n) is 1.04. The van der Waals surface area contributed by atoms with Gasteiger partial charge in [-0.05, 0) is 6.92 Å². The van der Waals surface area contributed by atoms with Crippen molar-refractivity contribution in [1.29, 1.82) is 0 Å². The van der Waals surface area contributed by atoms with E-state index >= 15 is 0 Å². The normalized spacial score (nSPS) is 15.7. The zero-order valence-corrected chi connectivity index (χ0v) is 7.53. The summed E-state index contributed by atoms with van der Waals surface area (Å²) in [6.07, 6.45) is 1.42. The van der Waals surface area contributed by atoms with Gasteiger partial charge in [-0.1, -0.05) is 6.92 Å². The topological polar surface area (TPSA) is 29.4 Å². The molecule has 0 saturated carbocycles. The van der Waals surface area contributed by atoms with E-state index in [1.54, 1.807) is 6.92 Å². The van der Waals surface area contributed by atoms with E-state index in [-0.39, 0.29) is 0 Å². The summed E-state index contributed by atoms with van der Waals surface area (Å²) < 4.78 is 22.3. The average Bonchev–Trinajstić information content (AvgIpc) is 2.00. The van der Waals surface area contributed by atoms with Crippen LogP contribution in [0.2, 0.25) is 0 Å². The standard InChI is InChI=1S/C7H12FNOS/c1-3-11(10)6-7(2)9-5-4-8/h4-5H,3,6H2,1-2H3/b5-4-,9-7?. The molecule has 64 valence electrons. The minimum atomic E-state index is -0.848. The van der Waals surface area contributed by atoms with Gasteiger partial charge < -0.3 is 0 Å². The van der Waals surface area contributed by atoms with Gasteiger partial charge in [0.2, 0.25) is 0 Å². The Morgan fingerprint density at radius 1 is 1.73 bits per heavy atom. The molecule has 0 N–H and O–H groups in total. The van der Waals surface area contributed by atoms with Crippen LogP contribution in [0.15, 0.2) is 17.5 Å². The fourth-order valence-electron chi connectivity index (χ4n) is 0.528. The van der Waals surface area contributed by atoms with Crippen molar-refractivity contribution in [2.75, 3.05) is 11.5 Å². The fourth-order valence-corrected chi connectivity index (χ4v) is 1.27. The van der Waals surface area contributed by atoms with E-state index < -0.39 is 10.8 Å². The Bertz CT molecular complexity index is 189. The third-order valence-corrected chi connectivity index (χ3v) is 2.43. The molecule has 2 nitrogen and oxygen atoms in total. The monoisotopic (exact) mass is 177 g/mol. The van der Waals surface area contributed by atoms with Crippen molar-refractivity contribution in [2.45, 2.75) is 13.8 Å². The van der Waals surface area contributed by atoms with Gasteiger partial charge in [0.25, 0.3) is 0 Å². The summed E-state index contributed by atoms with van der Waals surface area (Å²) in [6.45, 7) is 3.57. The zero-order chi connectivity index (χ0) is 8.69. The Morgan fingerprint density at radius 3 is 2.82 bits per heavy atom. The molecule has 0 fully saturated rings. The first-order valence-corrected chi connectivity index (χ1v) is 4.83. The van der Waals surface area contributed by atoms with E-state index in [1.807, 2.05) is 6.92 Å². The Kier molecular flexibility index (Phi) is 5.93. The summed E-state index contributed by atoms with van der Waals surface area (Å²) in [6, 6.07) is 0. The summed E-state index contributed by atoms with van der Waals surface area (Å²) in [5.74, 6) is 1.05. The molecule has 0 aliphatic rings. The van der Waals surface area contributed by atoms with E-state index in [4.69, 9.17) is 0 Å². The smallest absolute Gasteiger partial charge is 0.105 e. The predicted molar refractivity (Wildman–Crippen MR) is 46.9 cm³/mol. The van der Waals surface area contributed by atoms with Crippen LogP contribution in [-0.4, -0.2) is 21.4 Å². The fraction of sp³-hybridized carbons (Fsp3) is 0.571. The first kappa shape index (κ1) is 10.5. The van der Waals surface area contributed by atoms with E-state index in [0.29, 0.717) is 23.5 Å². The molecule has 0 aromatic rings. The van der Waals surface area contributed by atoms with Crippen molar-refractivity contribution >= 4 is 16.5 Å². The van der Waals surface area contributed by atoms with Crippen molar-refractivity contribution < 1.29 is 8.60 Å². The molecule has 0 aliphatic carbocycles. The molecule has 0 spiro atoms. The molecule has 0 heterocycles. The number of hydrogen-bond donors (Lipinski definition) is 0. The molecule has 0 bridgehead atoms. The predicted octanol–water partition coefficient (Wildman–Crippen LogP) is 1.66. The maximum absolute atomic E-state index is 11.4. The number of hydrogen-bond acceptors (Lipinski definition) is 2. The van der Waals surface area contributed by atoms with Crippen LogP contribution in [0.1, 0.15) is 13.8 Å². The summed E-state index contributed by atoms with van der Waals surface area (Å²) in [5, 5.41) is 0. The van der Waals surface area contributed by atoms with E-state index in [0.717, 1.165) is 6.20 Å². The van der Waals surface area contributed by atoms with Crippen LogP contribution in [0.5, 0.6) is 0 Å². The molecule has 11 heavy (non-hydrogen) atoms. The first-order chi connectivity index (χ1) is 5.20. The SMILES string of the molecule is CCS(=O)CC(C)=N/C=C\F. The van der Waals surface area contributed by atoms with Gasteiger partial charge in [-0.2, -0.15) is 0 Å². The van der Waals surface area contributed by atoms with Crippen LogP contribution >= 0.6 is 0 Å². The molecule has 1 unspecified atom stereocenters. The molecule has 0 aromatic carbocycles. The lowest BCUT2D eigenvalue weighted by Crippen LogP contribution is -2.07. The molecular weight excluding hydrogens is 165 g/mol. The largest absolute Gasteiger partial charge is 0.263 e. The quantitative estimate of drug-likeness (QED) is 0.600. The maximum Gasteiger partial charge on any atom is 0.105 e. The summed E-state index contributed by atoms with van der Waals surface area (Å²) in [7, 11) is -0.848. The molecular formula is C7H12FNOS. The molecule has 0 amide bonds. The van der Waals surface area contributed by atoms with Crippen molar-refractivity contribution in [3.63, 3.8) is 0 Å². The van der Waals surface area contributed by atoms with Gasteiger partial charge in [0.05, 0.1) is 12.0 Å². The number of nitrogens with zero attached hydrogens (tertiary/aromatic N) is 1. The average molecular weight is 177 g/mol. The molecule has 0 aromatic heterocycles. The van der Waals surface area contributed by atoms with Crippen LogP contribution in [0.25, 0.3) is 0 Å². The zero-order valence-electron chi connectivity index (χ0n) is 6.71. The van der Waals surface area contributed by atoms with Crippen LogP contribution < -0.4 is 0 Å². The van der Waals surface area contributed by atoms with Crippen LogP contribution in [0.4, 0.5) is 4.39 Å². The highest BCUT2D eigenvalue weighted by Crippen LogP contribution is 1.87. The minimum absolute atomic E-state index is 0.359. The van der Waals surface area contributed by atoms with Crippen LogP contribution in [-0.2, 0) is 10.8 Å². The lowest BCUT2D eigenvalue weighted by Gasteiger charge is -1.95. The van der Waals surface area contributed by atoms with E-state index in [1.165, 1.54) is 0 Å². The van der Waals surface area contributed by atoms with E-state index in [9.17, 15) is 8.60 Å². The van der Waals surface area contributed by atoms with Gasteiger partial charge in [-0.15, -0.1) is 0 Å². The number of rotatable bonds is 4. The highest BCUT2D eigenvalue weighted by atomic mass is 32.2. The molecule has 0 rings (SSSR count). The van der Waals surface area contributed by atoms with Gasteiger partial charge in [-0.25, -0.2) is 4.39 Å². The third kappa shape index (κ3) is 5.91. The first-order valence-electron chi connectivity index (χ1n) is 3.34. The molecule has 0 saturated heterocycles. The van der Waals surface area contributed by atoms with Crippen LogP contribution in [0, 0.1) is 0 Å².